The maximum absolute atomic E-state index is 12.3. The van der Waals surface area contributed by atoms with Crippen molar-refractivity contribution in [3.8, 4) is 5.75 Å². The topological polar surface area (TPSA) is 79.5 Å². The summed E-state index contributed by atoms with van der Waals surface area (Å²) < 4.78 is 5.32. The number of phenols is 1. The third-order valence-corrected chi connectivity index (χ3v) is 4.45. The van der Waals surface area contributed by atoms with Crippen LogP contribution in [0.25, 0.3) is 11.0 Å². The summed E-state index contributed by atoms with van der Waals surface area (Å²) >= 11 is 0. The van der Waals surface area contributed by atoms with Crippen LogP contribution in [0.15, 0.2) is 45.6 Å². The molecule has 1 heterocycles. The standard InChI is InChI=1S/C21H21NO4/c1-12-4-6-15(7-5-12)11-22-19(24)10-16-14(3)20-17(23)8-13(2)9-18(20)26-21(16)25/h4-9,23H,10-11H2,1-3H3,(H,22,24). The van der Waals surface area contributed by atoms with Crippen LogP contribution in [0, 0.1) is 20.8 Å². The van der Waals surface area contributed by atoms with Crippen LogP contribution >= 0.6 is 0 Å². The number of carbonyl (C=O) groups is 1. The maximum atomic E-state index is 12.3. The average molecular weight is 351 g/mol. The largest absolute Gasteiger partial charge is 0.507 e. The molecular weight excluding hydrogens is 330 g/mol. The molecule has 0 fully saturated rings. The first kappa shape index (κ1) is 17.7. The SMILES string of the molecule is Cc1ccc(CNC(=O)Cc2c(C)c3c(O)cc(C)cc3oc2=O)cc1. The molecule has 0 aliphatic carbocycles. The molecule has 0 spiro atoms. The second kappa shape index (κ2) is 7.04. The molecule has 0 saturated carbocycles. The van der Waals surface area contributed by atoms with Crippen molar-refractivity contribution in [2.45, 2.75) is 33.7 Å². The van der Waals surface area contributed by atoms with Gasteiger partial charge in [-0.3, -0.25) is 4.79 Å². The second-order valence-corrected chi connectivity index (χ2v) is 6.59. The van der Waals surface area contributed by atoms with Gasteiger partial charge in [0, 0.05) is 6.54 Å². The number of fused-ring (bicyclic) bond motifs is 1. The molecule has 0 aliphatic heterocycles. The summed E-state index contributed by atoms with van der Waals surface area (Å²) in [6, 6.07) is 11.2. The minimum Gasteiger partial charge on any atom is -0.507 e. The number of rotatable bonds is 4. The lowest BCUT2D eigenvalue weighted by atomic mass is 10.0. The Labute approximate surface area is 151 Å². The molecule has 2 aromatic carbocycles. The van der Waals surface area contributed by atoms with E-state index in [4.69, 9.17) is 4.42 Å². The van der Waals surface area contributed by atoms with Gasteiger partial charge in [0.2, 0.25) is 5.91 Å². The van der Waals surface area contributed by atoms with Gasteiger partial charge in [0.1, 0.15) is 11.3 Å². The van der Waals surface area contributed by atoms with Crippen molar-refractivity contribution < 1.29 is 14.3 Å². The van der Waals surface area contributed by atoms with Gasteiger partial charge in [-0.1, -0.05) is 29.8 Å². The molecule has 0 saturated heterocycles. The van der Waals surface area contributed by atoms with E-state index in [9.17, 15) is 14.7 Å². The highest BCUT2D eigenvalue weighted by molar-refractivity contribution is 5.89. The van der Waals surface area contributed by atoms with E-state index in [1.165, 1.54) is 0 Å². The zero-order valence-corrected chi connectivity index (χ0v) is 15.1. The van der Waals surface area contributed by atoms with Crippen LogP contribution in [0.2, 0.25) is 0 Å². The lowest BCUT2D eigenvalue weighted by molar-refractivity contribution is -0.120. The normalized spacial score (nSPS) is 10.9. The van der Waals surface area contributed by atoms with Crippen LogP contribution in [0.1, 0.15) is 27.8 Å². The van der Waals surface area contributed by atoms with Crippen LogP contribution in [0.5, 0.6) is 5.75 Å². The van der Waals surface area contributed by atoms with Crippen molar-refractivity contribution in [3.05, 3.63) is 74.6 Å². The molecule has 0 radical (unpaired) electrons. The fourth-order valence-electron chi connectivity index (χ4n) is 2.99. The predicted molar refractivity (Wildman–Crippen MR) is 100 cm³/mol. The van der Waals surface area contributed by atoms with Gasteiger partial charge in [-0.25, -0.2) is 4.79 Å². The Bertz CT molecular complexity index is 1030. The van der Waals surface area contributed by atoms with Crippen molar-refractivity contribution in [1.29, 1.82) is 0 Å². The zero-order valence-electron chi connectivity index (χ0n) is 15.1. The lowest BCUT2D eigenvalue weighted by Crippen LogP contribution is -2.27. The number of aromatic hydroxyl groups is 1. The first-order chi connectivity index (χ1) is 12.3. The van der Waals surface area contributed by atoms with E-state index >= 15 is 0 Å². The van der Waals surface area contributed by atoms with Gasteiger partial charge < -0.3 is 14.8 Å². The Balaban J connectivity index is 1.83. The minimum atomic E-state index is -0.550. The zero-order chi connectivity index (χ0) is 18.8. The summed E-state index contributed by atoms with van der Waals surface area (Å²) in [6.07, 6.45) is -0.0940. The Morgan fingerprint density at radius 2 is 1.77 bits per heavy atom. The Morgan fingerprint density at radius 1 is 1.08 bits per heavy atom. The van der Waals surface area contributed by atoms with Gasteiger partial charge in [-0.15, -0.1) is 0 Å². The Hall–Kier alpha value is -3.08. The summed E-state index contributed by atoms with van der Waals surface area (Å²) in [6.45, 7) is 5.92. The van der Waals surface area contributed by atoms with Crippen molar-refractivity contribution in [2.24, 2.45) is 0 Å². The summed E-state index contributed by atoms with van der Waals surface area (Å²) in [4.78, 5) is 24.6. The van der Waals surface area contributed by atoms with E-state index < -0.39 is 5.63 Å². The van der Waals surface area contributed by atoms with Crippen LogP contribution in [-0.4, -0.2) is 11.0 Å². The van der Waals surface area contributed by atoms with E-state index in [1.807, 2.05) is 31.2 Å². The fourth-order valence-corrected chi connectivity index (χ4v) is 2.99. The van der Waals surface area contributed by atoms with Crippen molar-refractivity contribution in [2.75, 3.05) is 0 Å². The lowest BCUT2D eigenvalue weighted by Gasteiger charge is -2.10. The van der Waals surface area contributed by atoms with Gasteiger partial charge in [-0.05, 0) is 49.6 Å². The van der Waals surface area contributed by atoms with Crippen LogP contribution in [0.4, 0.5) is 0 Å². The summed E-state index contributed by atoms with van der Waals surface area (Å²) in [7, 11) is 0. The van der Waals surface area contributed by atoms with Gasteiger partial charge >= 0.3 is 5.63 Å². The molecule has 5 nitrogen and oxygen atoms in total. The van der Waals surface area contributed by atoms with Crippen LogP contribution in [0.3, 0.4) is 0 Å². The van der Waals surface area contributed by atoms with E-state index in [1.54, 1.807) is 26.0 Å². The molecule has 0 aliphatic rings. The number of hydrogen-bond acceptors (Lipinski definition) is 4. The highest BCUT2D eigenvalue weighted by atomic mass is 16.4. The molecule has 0 atom stereocenters. The monoisotopic (exact) mass is 351 g/mol. The van der Waals surface area contributed by atoms with Crippen molar-refractivity contribution in [3.63, 3.8) is 0 Å². The van der Waals surface area contributed by atoms with Gasteiger partial charge in [0.15, 0.2) is 0 Å². The van der Waals surface area contributed by atoms with E-state index in [2.05, 4.69) is 5.32 Å². The molecule has 0 bridgehead atoms. The smallest absolute Gasteiger partial charge is 0.340 e. The number of hydrogen-bond donors (Lipinski definition) is 2. The van der Waals surface area contributed by atoms with Gasteiger partial charge in [0.05, 0.1) is 17.4 Å². The number of aryl methyl sites for hydroxylation is 3. The first-order valence-electron chi connectivity index (χ1n) is 8.43. The molecule has 26 heavy (non-hydrogen) atoms. The quantitative estimate of drug-likeness (QED) is 0.707. The molecule has 2 N–H and O–H groups in total. The molecule has 3 aromatic rings. The average Bonchev–Trinajstić information content (AvgIpc) is 2.57. The molecular formula is C21H21NO4. The van der Waals surface area contributed by atoms with E-state index in [0.717, 1.165) is 16.7 Å². The third-order valence-electron chi connectivity index (χ3n) is 4.45. The van der Waals surface area contributed by atoms with Gasteiger partial charge in [0.25, 0.3) is 0 Å². The fraction of sp³-hybridized carbons (Fsp3) is 0.238. The third kappa shape index (κ3) is 3.61. The number of carbonyl (C=O) groups excluding carboxylic acids is 1. The summed E-state index contributed by atoms with van der Waals surface area (Å²) in [5.74, 6) is -0.227. The maximum Gasteiger partial charge on any atom is 0.340 e. The van der Waals surface area contributed by atoms with Crippen LogP contribution < -0.4 is 10.9 Å². The molecule has 1 aromatic heterocycles. The van der Waals surface area contributed by atoms with Gasteiger partial charge in [-0.2, -0.15) is 0 Å². The molecule has 134 valence electrons. The first-order valence-corrected chi connectivity index (χ1v) is 8.43. The Kier molecular flexibility index (Phi) is 4.80. The molecule has 3 rings (SSSR count). The number of nitrogens with one attached hydrogen (secondary N) is 1. The molecule has 1 amide bonds. The van der Waals surface area contributed by atoms with E-state index in [0.29, 0.717) is 23.1 Å². The number of amides is 1. The van der Waals surface area contributed by atoms with Crippen LogP contribution in [-0.2, 0) is 17.8 Å². The number of benzene rings is 2. The van der Waals surface area contributed by atoms with Crippen molar-refractivity contribution >= 4 is 16.9 Å². The highest BCUT2D eigenvalue weighted by Gasteiger charge is 2.17. The van der Waals surface area contributed by atoms with Crippen molar-refractivity contribution in [1.82, 2.24) is 5.32 Å². The minimum absolute atomic E-state index is 0.0440. The summed E-state index contributed by atoms with van der Waals surface area (Å²) in [5.41, 5.74) is 3.54. The molecule has 5 heteroatoms. The summed E-state index contributed by atoms with van der Waals surface area (Å²) in [5, 5.41) is 13.5. The predicted octanol–water partition coefficient (Wildman–Crippen LogP) is 3.28. The highest BCUT2D eigenvalue weighted by Crippen LogP contribution is 2.29. The molecule has 0 unspecified atom stereocenters. The Morgan fingerprint density at radius 3 is 2.46 bits per heavy atom. The number of phenolic OH excluding ortho intramolecular Hbond substituents is 1. The van der Waals surface area contributed by atoms with E-state index in [-0.39, 0.29) is 23.6 Å². The second-order valence-electron chi connectivity index (χ2n) is 6.59.